The Hall–Kier alpha value is -2.56. The first kappa shape index (κ1) is 18.8. The molecule has 5 nitrogen and oxygen atoms in total. The number of aryl methyl sites for hydroxylation is 2. The van der Waals surface area contributed by atoms with Crippen LogP contribution >= 0.6 is 0 Å². The number of amides is 1. The van der Waals surface area contributed by atoms with Gasteiger partial charge in [0.1, 0.15) is 6.04 Å². The molecule has 5 heteroatoms. The van der Waals surface area contributed by atoms with E-state index in [1.54, 1.807) is 0 Å². The maximum atomic E-state index is 12.9. The van der Waals surface area contributed by atoms with Crippen LogP contribution in [0.1, 0.15) is 37.8 Å². The van der Waals surface area contributed by atoms with Crippen LogP contribution in [0.25, 0.3) is 10.8 Å². The van der Waals surface area contributed by atoms with Gasteiger partial charge in [-0.15, -0.1) is 0 Å². The Morgan fingerprint density at radius 1 is 1.14 bits per heavy atom. The Balaban J connectivity index is 1.42. The second-order valence-electron chi connectivity index (χ2n) is 7.83. The second kappa shape index (κ2) is 7.82. The highest BCUT2D eigenvalue weighted by Crippen LogP contribution is 2.35. The molecule has 1 N–H and O–H groups in total. The van der Waals surface area contributed by atoms with Gasteiger partial charge in [-0.1, -0.05) is 24.3 Å². The Morgan fingerprint density at radius 2 is 1.86 bits per heavy atom. The average Bonchev–Trinajstić information content (AvgIpc) is 3.14. The van der Waals surface area contributed by atoms with Gasteiger partial charge in [0.25, 0.3) is 0 Å². The summed E-state index contributed by atoms with van der Waals surface area (Å²) in [4.78, 5) is 26.7. The van der Waals surface area contributed by atoms with Gasteiger partial charge in [0.15, 0.2) is 0 Å². The first-order valence-corrected chi connectivity index (χ1v) is 10.3. The van der Waals surface area contributed by atoms with E-state index < -0.39 is 0 Å². The summed E-state index contributed by atoms with van der Waals surface area (Å²) in [7, 11) is 0. The first-order chi connectivity index (χ1) is 13.6. The molecule has 0 radical (unpaired) electrons. The molecule has 1 aliphatic heterocycles. The summed E-state index contributed by atoms with van der Waals surface area (Å²) in [6, 6.07) is 10.4. The number of benzene rings is 2. The first-order valence-electron chi connectivity index (χ1n) is 10.3. The van der Waals surface area contributed by atoms with E-state index >= 15 is 0 Å². The van der Waals surface area contributed by atoms with E-state index in [-0.39, 0.29) is 23.8 Å². The minimum Gasteiger partial charge on any atom is -0.466 e. The van der Waals surface area contributed by atoms with Gasteiger partial charge in [0.2, 0.25) is 5.91 Å². The van der Waals surface area contributed by atoms with E-state index in [0.29, 0.717) is 32.5 Å². The zero-order chi connectivity index (χ0) is 19.7. The molecule has 1 atom stereocenters. The summed E-state index contributed by atoms with van der Waals surface area (Å²) in [5.41, 5.74) is 3.82. The smallest absolute Gasteiger partial charge is 0.309 e. The van der Waals surface area contributed by atoms with E-state index in [4.69, 9.17) is 4.74 Å². The highest BCUT2D eigenvalue weighted by Gasteiger charge is 2.30. The number of likely N-dealkylation sites (tertiary alicyclic amines) is 1. The van der Waals surface area contributed by atoms with Crippen LogP contribution < -0.4 is 5.32 Å². The fraction of sp³-hybridized carbons (Fsp3) is 0.478. The predicted molar refractivity (Wildman–Crippen MR) is 110 cm³/mol. The molecule has 0 unspecified atom stereocenters. The number of ether oxygens (including phenoxy) is 1. The molecular weight excluding hydrogens is 352 g/mol. The second-order valence-corrected chi connectivity index (χ2v) is 7.83. The molecule has 2 aliphatic rings. The molecule has 1 aliphatic carbocycles. The van der Waals surface area contributed by atoms with Crippen LogP contribution in [-0.4, -0.2) is 42.5 Å². The number of anilines is 1. The molecule has 2 aromatic carbocycles. The van der Waals surface area contributed by atoms with Gasteiger partial charge < -0.3 is 15.0 Å². The van der Waals surface area contributed by atoms with Crippen molar-refractivity contribution in [1.29, 1.82) is 0 Å². The van der Waals surface area contributed by atoms with Crippen LogP contribution in [0.4, 0.5) is 5.69 Å². The molecule has 1 fully saturated rings. The summed E-state index contributed by atoms with van der Waals surface area (Å²) >= 11 is 0. The molecule has 1 saturated heterocycles. The van der Waals surface area contributed by atoms with Crippen LogP contribution in [0.15, 0.2) is 30.3 Å². The van der Waals surface area contributed by atoms with Crippen LogP contribution in [0.3, 0.4) is 0 Å². The molecule has 0 bridgehead atoms. The number of rotatable bonds is 5. The van der Waals surface area contributed by atoms with Crippen molar-refractivity contribution in [2.75, 3.05) is 25.0 Å². The van der Waals surface area contributed by atoms with E-state index in [0.717, 1.165) is 18.5 Å². The monoisotopic (exact) mass is 380 g/mol. The van der Waals surface area contributed by atoms with Gasteiger partial charge in [0, 0.05) is 24.2 Å². The summed E-state index contributed by atoms with van der Waals surface area (Å²) in [6.45, 7) is 5.37. The Kier molecular flexibility index (Phi) is 5.25. The molecular formula is C23H28N2O3. The Labute approximate surface area is 166 Å². The van der Waals surface area contributed by atoms with Crippen molar-refractivity contribution in [1.82, 2.24) is 4.90 Å². The lowest BCUT2D eigenvalue weighted by Gasteiger charge is -2.33. The van der Waals surface area contributed by atoms with Crippen molar-refractivity contribution in [3.05, 3.63) is 41.5 Å². The van der Waals surface area contributed by atoms with E-state index in [2.05, 4.69) is 35.6 Å². The molecule has 1 amide bonds. The van der Waals surface area contributed by atoms with E-state index in [9.17, 15) is 9.59 Å². The van der Waals surface area contributed by atoms with Crippen molar-refractivity contribution in [3.63, 3.8) is 0 Å². The van der Waals surface area contributed by atoms with Crippen LogP contribution in [-0.2, 0) is 27.2 Å². The zero-order valence-corrected chi connectivity index (χ0v) is 16.7. The topological polar surface area (TPSA) is 58.6 Å². The molecule has 0 spiro atoms. The third-order valence-corrected chi connectivity index (χ3v) is 6.05. The van der Waals surface area contributed by atoms with Crippen LogP contribution in [0.5, 0.6) is 0 Å². The lowest BCUT2D eigenvalue weighted by atomic mass is 9.96. The molecule has 148 valence electrons. The normalized spacial score (nSPS) is 17.6. The number of piperidine rings is 1. The van der Waals surface area contributed by atoms with Crippen molar-refractivity contribution >= 4 is 28.3 Å². The van der Waals surface area contributed by atoms with E-state index in [1.807, 2.05) is 18.7 Å². The van der Waals surface area contributed by atoms with Crippen LogP contribution in [0.2, 0.25) is 0 Å². The van der Waals surface area contributed by atoms with Crippen molar-refractivity contribution in [3.8, 4) is 0 Å². The van der Waals surface area contributed by atoms with E-state index in [1.165, 1.54) is 21.9 Å². The number of carbonyl (C=O) groups is 2. The number of carbonyl (C=O) groups excluding carboxylic acids is 2. The minimum atomic E-state index is -0.308. The lowest BCUT2D eigenvalue weighted by Crippen LogP contribution is -2.46. The van der Waals surface area contributed by atoms with Crippen molar-refractivity contribution < 1.29 is 14.3 Å². The third-order valence-electron chi connectivity index (χ3n) is 6.05. The van der Waals surface area contributed by atoms with Crippen LogP contribution in [0, 0.1) is 5.92 Å². The average molecular weight is 380 g/mol. The van der Waals surface area contributed by atoms with Gasteiger partial charge in [-0.05, 0) is 62.1 Å². The summed E-state index contributed by atoms with van der Waals surface area (Å²) in [5, 5.41) is 5.99. The SMILES string of the molecule is CCOC(=O)C1CCN(C(=O)[C@H](C)Nc2ccc3c4c(cccc24)CC3)CC1. The number of nitrogens with zero attached hydrogens (tertiary/aromatic N) is 1. The maximum Gasteiger partial charge on any atom is 0.309 e. The lowest BCUT2D eigenvalue weighted by molar-refractivity contribution is -0.151. The van der Waals surface area contributed by atoms with Crippen molar-refractivity contribution in [2.45, 2.75) is 45.6 Å². The summed E-state index contributed by atoms with van der Waals surface area (Å²) in [5.74, 6) is -0.122. The zero-order valence-electron chi connectivity index (χ0n) is 16.7. The third kappa shape index (κ3) is 3.46. The van der Waals surface area contributed by atoms with Crippen molar-refractivity contribution in [2.24, 2.45) is 5.92 Å². The van der Waals surface area contributed by atoms with Gasteiger partial charge in [-0.3, -0.25) is 9.59 Å². The number of esters is 1. The van der Waals surface area contributed by atoms with Gasteiger partial charge in [-0.25, -0.2) is 0 Å². The van der Waals surface area contributed by atoms with Gasteiger partial charge in [-0.2, -0.15) is 0 Å². The quantitative estimate of drug-likeness (QED) is 0.806. The fourth-order valence-corrected chi connectivity index (χ4v) is 4.54. The largest absolute Gasteiger partial charge is 0.466 e. The highest BCUT2D eigenvalue weighted by molar-refractivity contribution is 6.00. The fourth-order valence-electron chi connectivity index (χ4n) is 4.54. The Bertz CT molecular complexity index is 890. The maximum absolute atomic E-state index is 12.9. The number of hydrogen-bond acceptors (Lipinski definition) is 4. The number of hydrogen-bond donors (Lipinski definition) is 1. The molecule has 28 heavy (non-hydrogen) atoms. The molecule has 0 saturated carbocycles. The molecule has 1 heterocycles. The summed E-state index contributed by atoms with van der Waals surface area (Å²) < 4.78 is 5.11. The van der Waals surface area contributed by atoms with Gasteiger partial charge >= 0.3 is 5.97 Å². The molecule has 4 rings (SSSR count). The highest BCUT2D eigenvalue weighted by atomic mass is 16.5. The minimum absolute atomic E-state index is 0.0798. The standard InChI is InChI=1S/C23H28N2O3/c1-3-28-23(27)18-11-13-25(14-12-18)22(26)15(2)24-20-10-9-17-8-7-16-5-4-6-19(20)21(16)17/h4-6,9-10,15,18,24H,3,7-8,11-14H2,1-2H3/t15-/m0/s1. The Morgan fingerprint density at radius 3 is 2.57 bits per heavy atom. The van der Waals surface area contributed by atoms with Gasteiger partial charge in [0.05, 0.1) is 12.5 Å². The summed E-state index contributed by atoms with van der Waals surface area (Å²) in [6.07, 6.45) is 3.55. The predicted octanol–water partition coefficient (Wildman–Crippen LogP) is 3.54. The number of nitrogens with one attached hydrogen (secondary N) is 1. The molecule has 0 aromatic heterocycles. The molecule has 2 aromatic rings.